The average molecular weight is 444 g/mol. The van der Waals surface area contributed by atoms with Crippen LogP contribution < -0.4 is 10.6 Å². The smallest absolute Gasteiger partial charge is 0.193 e. The summed E-state index contributed by atoms with van der Waals surface area (Å²) in [5.41, 5.74) is 0. The van der Waals surface area contributed by atoms with Gasteiger partial charge in [-0.15, -0.1) is 0 Å². The third-order valence-corrected chi connectivity index (χ3v) is 5.75. The van der Waals surface area contributed by atoms with Crippen molar-refractivity contribution in [2.45, 2.75) is 44.3 Å². The summed E-state index contributed by atoms with van der Waals surface area (Å²) in [6.45, 7) is 4.87. The maximum Gasteiger partial charge on any atom is 0.193 e. The fourth-order valence-electron chi connectivity index (χ4n) is 3.65. The van der Waals surface area contributed by atoms with Crippen LogP contribution in [0.1, 0.15) is 32.1 Å². The van der Waals surface area contributed by atoms with Gasteiger partial charge in [0.25, 0.3) is 0 Å². The van der Waals surface area contributed by atoms with Crippen LogP contribution >= 0.6 is 23.2 Å². The number of anilines is 1. The fourth-order valence-corrected chi connectivity index (χ4v) is 4.10. The third-order valence-electron chi connectivity index (χ3n) is 5.25. The molecule has 2 N–H and O–H groups in total. The van der Waals surface area contributed by atoms with Crippen molar-refractivity contribution in [3.8, 4) is 0 Å². The number of aromatic nitrogens is 1. The predicted molar refractivity (Wildman–Crippen MR) is 118 cm³/mol. The van der Waals surface area contributed by atoms with Crippen LogP contribution in [0.4, 0.5) is 5.82 Å². The summed E-state index contributed by atoms with van der Waals surface area (Å²) in [5, 5.41) is 7.64. The monoisotopic (exact) mass is 443 g/mol. The molecular weight excluding hydrogens is 413 g/mol. The number of halogens is 2. The SMILES string of the molecule is CN=C(NCCNc1ncc(Cl)cc1Cl)N1CCC(OCC2CCCCO2)CC1. The topological polar surface area (TPSA) is 71.0 Å². The van der Waals surface area contributed by atoms with E-state index in [1.165, 1.54) is 12.8 Å². The van der Waals surface area contributed by atoms with E-state index in [1.54, 1.807) is 12.3 Å². The van der Waals surface area contributed by atoms with Crippen LogP contribution in [0.3, 0.4) is 0 Å². The van der Waals surface area contributed by atoms with E-state index in [2.05, 4.69) is 25.5 Å². The molecule has 0 aromatic carbocycles. The number of rotatable bonds is 7. The number of hydrogen-bond acceptors (Lipinski definition) is 5. The predicted octanol–water partition coefficient (Wildman–Crippen LogP) is 3.43. The van der Waals surface area contributed by atoms with Gasteiger partial charge in [0.05, 0.1) is 28.9 Å². The van der Waals surface area contributed by atoms with Crippen molar-refractivity contribution < 1.29 is 9.47 Å². The third kappa shape index (κ3) is 7.17. The van der Waals surface area contributed by atoms with Crippen LogP contribution in [0.25, 0.3) is 0 Å². The minimum absolute atomic E-state index is 0.285. The van der Waals surface area contributed by atoms with E-state index in [-0.39, 0.29) is 6.10 Å². The van der Waals surface area contributed by atoms with Crippen LogP contribution in [0.2, 0.25) is 10.0 Å². The average Bonchev–Trinajstić information content (AvgIpc) is 2.75. The standard InChI is InChI=1S/C20H31Cl2N5O2/c1-23-20(25-8-7-24-19-18(22)12-15(21)13-26-19)27-9-5-16(6-10-27)29-14-17-4-2-3-11-28-17/h12-13,16-17H,2-11,14H2,1H3,(H,23,25)(H,24,26). The molecule has 7 nitrogen and oxygen atoms in total. The Bertz CT molecular complexity index is 662. The Morgan fingerprint density at radius 3 is 2.79 bits per heavy atom. The normalized spacial score (nSPS) is 21.3. The molecular formula is C20H31Cl2N5O2. The summed E-state index contributed by atoms with van der Waals surface area (Å²) < 4.78 is 11.9. The second kappa shape index (κ2) is 11.8. The van der Waals surface area contributed by atoms with E-state index in [4.69, 9.17) is 32.7 Å². The molecule has 2 saturated heterocycles. The maximum atomic E-state index is 6.13. The molecule has 0 spiro atoms. The van der Waals surface area contributed by atoms with Gasteiger partial charge in [0, 0.05) is 46.0 Å². The van der Waals surface area contributed by atoms with E-state index in [1.807, 2.05) is 7.05 Å². The van der Waals surface area contributed by atoms with Gasteiger partial charge in [-0.2, -0.15) is 0 Å². The first-order valence-corrected chi connectivity index (χ1v) is 11.1. The quantitative estimate of drug-likeness (QED) is 0.382. The molecule has 2 aliphatic rings. The summed E-state index contributed by atoms with van der Waals surface area (Å²) in [4.78, 5) is 10.9. The first-order chi connectivity index (χ1) is 14.2. The highest BCUT2D eigenvalue weighted by Gasteiger charge is 2.23. The van der Waals surface area contributed by atoms with Crippen molar-refractivity contribution in [2.75, 3.05) is 51.8 Å². The van der Waals surface area contributed by atoms with Crippen molar-refractivity contribution >= 4 is 35.0 Å². The van der Waals surface area contributed by atoms with Crippen LogP contribution in [-0.4, -0.2) is 74.5 Å². The molecule has 1 unspecified atom stereocenters. The highest BCUT2D eigenvalue weighted by molar-refractivity contribution is 6.35. The maximum absolute atomic E-state index is 6.13. The van der Waals surface area contributed by atoms with E-state index in [0.717, 1.165) is 51.5 Å². The van der Waals surface area contributed by atoms with Gasteiger partial charge >= 0.3 is 0 Å². The van der Waals surface area contributed by atoms with E-state index in [0.29, 0.717) is 35.1 Å². The zero-order valence-electron chi connectivity index (χ0n) is 17.0. The first kappa shape index (κ1) is 22.4. The molecule has 29 heavy (non-hydrogen) atoms. The summed E-state index contributed by atoms with van der Waals surface area (Å²) in [7, 11) is 1.82. The first-order valence-electron chi connectivity index (χ1n) is 10.4. The van der Waals surface area contributed by atoms with Crippen molar-refractivity contribution in [2.24, 2.45) is 4.99 Å². The van der Waals surface area contributed by atoms with Crippen LogP contribution in [0.15, 0.2) is 17.3 Å². The summed E-state index contributed by atoms with van der Waals surface area (Å²) in [5.74, 6) is 1.55. The van der Waals surface area contributed by atoms with Gasteiger partial charge in [-0.1, -0.05) is 23.2 Å². The van der Waals surface area contributed by atoms with Gasteiger partial charge in [-0.05, 0) is 38.2 Å². The number of nitrogens with one attached hydrogen (secondary N) is 2. The minimum Gasteiger partial charge on any atom is -0.376 e. The van der Waals surface area contributed by atoms with E-state index < -0.39 is 0 Å². The lowest BCUT2D eigenvalue weighted by atomic mass is 10.1. The summed E-state index contributed by atoms with van der Waals surface area (Å²) in [6.07, 6.45) is 7.76. The zero-order chi connectivity index (χ0) is 20.5. The number of likely N-dealkylation sites (tertiary alicyclic amines) is 1. The largest absolute Gasteiger partial charge is 0.376 e. The summed E-state index contributed by atoms with van der Waals surface area (Å²) in [6, 6.07) is 1.68. The van der Waals surface area contributed by atoms with Crippen LogP contribution in [-0.2, 0) is 9.47 Å². The number of nitrogens with zero attached hydrogens (tertiary/aromatic N) is 3. The molecule has 1 aromatic rings. The molecule has 0 aliphatic carbocycles. The Morgan fingerprint density at radius 1 is 1.28 bits per heavy atom. The second-order valence-electron chi connectivity index (χ2n) is 7.39. The lowest BCUT2D eigenvalue weighted by molar-refractivity contribution is -0.0721. The van der Waals surface area contributed by atoms with E-state index >= 15 is 0 Å². The zero-order valence-corrected chi connectivity index (χ0v) is 18.5. The molecule has 2 aliphatic heterocycles. The molecule has 162 valence electrons. The number of guanidine groups is 1. The minimum atomic E-state index is 0.285. The Kier molecular flexibility index (Phi) is 9.11. The molecule has 0 radical (unpaired) electrons. The van der Waals surface area contributed by atoms with Gasteiger partial charge < -0.3 is 25.0 Å². The van der Waals surface area contributed by atoms with Crippen molar-refractivity contribution in [1.29, 1.82) is 0 Å². The van der Waals surface area contributed by atoms with Crippen molar-refractivity contribution in [3.63, 3.8) is 0 Å². The molecule has 3 rings (SSSR count). The Morgan fingerprint density at radius 2 is 2.10 bits per heavy atom. The number of pyridine rings is 1. The lowest BCUT2D eigenvalue weighted by Crippen LogP contribution is -2.48. The van der Waals surface area contributed by atoms with Gasteiger partial charge in [-0.25, -0.2) is 4.98 Å². The molecule has 3 heterocycles. The molecule has 0 amide bonds. The molecule has 2 fully saturated rings. The Hall–Kier alpha value is -1.28. The molecule has 0 saturated carbocycles. The van der Waals surface area contributed by atoms with Gasteiger partial charge in [-0.3, -0.25) is 4.99 Å². The van der Waals surface area contributed by atoms with E-state index in [9.17, 15) is 0 Å². The van der Waals surface area contributed by atoms with Crippen molar-refractivity contribution in [1.82, 2.24) is 15.2 Å². The number of ether oxygens (including phenoxy) is 2. The Labute approximate surface area is 183 Å². The van der Waals surface area contributed by atoms with Crippen molar-refractivity contribution in [3.05, 3.63) is 22.3 Å². The second-order valence-corrected chi connectivity index (χ2v) is 8.24. The van der Waals surface area contributed by atoms with Gasteiger partial charge in [0.1, 0.15) is 5.82 Å². The molecule has 1 aromatic heterocycles. The lowest BCUT2D eigenvalue weighted by Gasteiger charge is -2.35. The fraction of sp³-hybridized carbons (Fsp3) is 0.700. The van der Waals surface area contributed by atoms with Crippen LogP contribution in [0, 0.1) is 0 Å². The molecule has 0 bridgehead atoms. The van der Waals surface area contributed by atoms with Gasteiger partial charge in [0.15, 0.2) is 5.96 Å². The Balaban J connectivity index is 1.33. The number of hydrogen-bond donors (Lipinski definition) is 2. The summed E-state index contributed by atoms with van der Waals surface area (Å²) >= 11 is 12.0. The van der Waals surface area contributed by atoms with Gasteiger partial charge in [0.2, 0.25) is 0 Å². The number of aliphatic imine (C=N–C) groups is 1. The van der Waals surface area contributed by atoms with Crippen LogP contribution in [0.5, 0.6) is 0 Å². The highest BCUT2D eigenvalue weighted by atomic mass is 35.5. The molecule has 1 atom stereocenters. The highest BCUT2D eigenvalue weighted by Crippen LogP contribution is 2.22. The molecule has 9 heteroatoms. The number of piperidine rings is 1.